The van der Waals surface area contributed by atoms with Crippen LogP contribution in [0.3, 0.4) is 0 Å². The van der Waals surface area contributed by atoms with Gasteiger partial charge in [0.15, 0.2) is 0 Å². The van der Waals surface area contributed by atoms with Gasteiger partial charge in [-0.3, -0.25) is 19.7 Å². The Morgan fingerprint density at radius 3 is 2.70 bits per heavy atom. The molecule has 2 aliphatic rings. The lowest BCUT2D eigenvalue weighted by Gasteiger charge is -2.47. The third-order valence-corrected chi connectivity index (χ3v) is 6.72. The summed E-state index contributed by atoms with van der Waals surface area (Å²) in [6.07, 6.45) is 1.26. The number of non-ortho nitro benzene ring substituents is 1. The van der Waals surface area contributed by atoms with Gasteiger partial charge < -0.3 is 14.8 Å². The molecule has 3 heterocycles. The fourth-order valence-electron chi connectivity index (χ4n) is 5.08. The van der Waals surface area contributed by atoms with Crippen LogP contribution in [0.5, 0.6) is 0 Å². The number of fused-ring (bicyclic) bond motifs is 4. The van der Waals surface area contributed by atoms with Crippen LogP contribution in [0.4, 0.5) is 5.69 Å². The number of nitro benzene ring substituents is 1. The van der Waals surface area contributed by atoms with E-state index in [1.807, 2.05) is 24.3 Å². The first-order chi connectivity index (χ1) is 15.8. The van der Waals surface area contributed by atoms with Gasteiger partial charge in [-0.25, -0.2) is 0 Å². The Morgan fingerprint density at radius 2 is 1.94 bits per heavy atom. The number of aromatic nitrogens is 1. The minimum Gasteiger partial charge on any atom is -0.356 e. The molecular formula is C25H26N4O4. The molecule has 8 heteroatoms. The van der Waals surface area contributed by atoms with Crippen LogP contribution in [-0.2, 0) is 16.0 Å². The molecule has 0 radical (unpaired) electrons. The normalized spacial score (nSPS) is 20.3. The average Bonchev–Trinajstić information content (AvgIpc) is 3.17. The summed E-state index contributed by atoms with van der Waals surface area (Å²) in [5, 5.41) is 12.5. The van der Waals surface area contributed by atoms with Gasteiger partial charge in [-0.05, 0) is 29.5 Å². The van der Waals surface area contributed by atoms with E-state index in [9.17, 15) is 19.7 Å². The van der Waals surface area contributed by atoms with Crippen LogP contribution in [0.15, 0.2) is 48.5 Å². The van der Waals surface area contributed by atoms with E-state index < -0.39 is 17.0 Å². The van der Waals surface area contributed by atoms with Gasteiger partial charge in [-0.2, -0.15) is 0 Å². The van der Waals surface area contributed by atoms with E-state index in [-0.39, 0.29) is 24.0 Å². The zero-order valence-electron chi connectivity index (χ0n) is 18.7. The van der Waals surface area contributed by atoms with Crippen LogP contribution in [0.1, 0.15) is 43.1 Å². The molecule has 1 N–H and O–H groups in total. The number of aromatic amines is 1. The Morgan fingerprint density at radius 1 is 1.15 bits per heavy atom. The summed E-state index contributed by atoms with van der Waals surface area (Å²) >= 11 is 0. The minimum absolute atomic E-state index is 0.0308. The summed E-state index contributed by atoms with van der Waals surface area (Å²) in [4.78, 5) is 44.8. The number of benzene rings is 2. The molecule has 1 saturated heterocycles. The zero-order valence-corrected chi connectivity index (χ0v) is 18.7. The van der Waals surface area contributed by atoms with Crippen LogP contribution in [-0.4, -0.2) is 50.7 Å². The van der Waals surface area contributed by atoms with Crippen LogP contribution in [0.25, 0.3) is 10.9 Å². The highest BCUT2D eigenvalue weighted by molar-refractivity contribution is 5.97. The Labute approximate surface area is 191 Å². The molecule has 33 heavy (non-hydrogen) atoms. The largest absolute Gasteiger partial charge is 0.356 e. The number of nitrogens with zero attached hydrogens (tertiary/aromatic N) is 3. The van der Waals surface area contributed by atoms with Gasteiger partial charge in [-0.1, -0.05) is 44.2 Å². The molecule has 0 bridgehead atoms. The molecule has 170 valence electrons. The number of H-pyrrole nitrogens is 1. The minimum atomic E-state index is -0.630. The van der Waals surface area contributed by atoms with Gasteiger partial charge in [0.2, 0.25) is 11.8 Å². The average molecular weight is 447 g/mol. The summed E-state index contributed by atoms with van der Waals surface area (Å²) in [6, 6.07) is 13.0. The van der Waals surface area contributed by atoms with Crippen molar-refractivity contribution in [1.29, 1.82) is 0 Å². The summed E-state index contributed by atoms with van der Waals surface area (Å²) in [6.45, 7) is 4.78. The molecule has 8 nitrogen and oxygen atoms in total. The third kappa shape index (κ3) is 3.55. The fourth-order valence-corrected chi connectivity index (χ4v) is 5.08. The summed E-state index contributed by atoms with van der Waals surface area (Å²) < 4.78 is 0. The lowest BCUT2D eigenvalue weighted by molar-refractivity contribution is -0.384. The van der Waals surface area contributed by atoms with Gasteiger partial charge in [-0.15, -0.1) is 0 Å². The molecule has 1 aromatic heterocycles. The number of amides is 2. The van der Waals surface area contributed by atoms with Crippen molar-refractivity contribution in [2.45, 2.75) is 38.8 Å². The molecule has 2 atom stereocenters. The Bertz CT molecular complexity index is 1260. The maximum absolute atomic E-state index is 13.6. The lowest BCUT2D eigenvalue weighted by Crippen LogP contribution is -2.63. The zero-order chi connectivity index (χ0) is 23.3. The third-order valence-electron chi connectivity index (χ3n) is 6.72. The summed E-state index contributed by atoms with van der Waals surface area (Å²) in [7, 11) is 0. The molecule has 1 fully saturated rings. The Hall–Kier alpha value is -3.68. The van der Waals surface area contributed by atoms with Crippen LogP contribution < -0.4 is 0 Å². The number of hydrogen-bond acceptors (Lipinski definition) is 4. The lowest BCUT2D eigenvalue weighted by atomic mass is 9.86. The molecule has 2 amide bonds. The van der Waals surface area contributed by atoms with Crippen molar-refractivity contribution < 1.29 is 14.5 Å². The number of rotatable bonds is 5. The summed E-state index contributed by atoms with van der Waals surface area (Å²) in [5.74, 6) is 0.237. The SMILES string of the molecule is CC(C)CCN1CC(=O)N2C(Cc3c([nH]c4ccccc34)C2c2cccc([N+](=O)[O-])c2)C1=O. The van der Waals surface area contributed by atoms with Crippen LogP contribution >= 0.6 is 0 Å². The van der Waals surface area contributed by atoms with Crippen molar-refractivity contribution in [2.24, 2.45) is 5.92 Å². The van der Waals surface area contributed by atoms with E-state index in [0.717, 1.165) is 28.6 Å². The number of nitrogens with one attached hydrogen (secondary N) is 1. The van der Waals surface area contributed by atoms with E-state index in [1.165, 1.54) is 12.1 Å². The first-order valence-electron chi connectivity index (χ1n) is 11.3. The molecule has 2 unspecified atom stereocenters. The monoisotopic (exact) mass is 446 g/mol. The van der Waals surface area contributed by atoms with Crippen LogP contribution in [0.2, 0.25) is 0 Å². The van der Waals surface area contributed by atoms with E-state index in [1.54, 1.807) is 21.9 Å². The molecule has 0 spiro atoms. The first kappa shape index (κ1) is 21.2. The highest BCUT2D eigenvalue weighted by Crippen LogP contribution is 2.43. The quantitative estimate of drug-likeness (QED) is 0.476. The molecular weight excluding hydrogens is 420 g/mol. The molecule has 2 aliphatic heterocycles. The predicted molar refractivity (Wildman–Crippen MR) is 124 cm³/mol. The highest BCUT2D eigenvalue weighted by Gasteiger charge is 2.48. The summed E-state index contributed by atoms with van der Waals surface area (Å²) in [5.41, 5.74) is 3.33. The van der Waals surface area contributed by atoms with E-state index in [0.29, 0.717) is 24.4 Å². The van der Waals surface area contributed by atoms with Crippen molar-refractivity contribution in [3.8, 4) is 0 Å². The second-order valence-electron chi connectivity index (χ2n) is 9.28. The van der Waals surface area contributed by atoms with Crippen molar-refractivity contribution in [1.82, 2.24) is 14.8 Å². The van der Waals surface area contributed by atoms with Gasteiger partial charge in [0.25, 0.3) is 5.69 Å². The van der Waals surface area contributed by atoms with E-state index in [4.69, 9.17) is 0 Å². The molecule has 5 rings (SSSR count). The van der Waals surface area contributed by atoms with Gasteiger partial charge >= 0.3 is 0 Å². The van der Waals surface area contributed by atoms with E-state index >= 15 is 0 Å². The topological polar surface area (TPSA) is 99.6 Å². The number of piperazine rings is 1. The highest BCUT2D eigenvalue weighted by atomic mass is 16.6. The van der Waals surface area contributed by atoms with Gasteiger partial charge in [0.1, 0.15) is 6.04 Å². The number of nitro groups is 1. The van der Waals surface area contributed by atoms with Crippen molar-refractivity contribution in [3.05, 3.63) is 75.5 Å². The van der Waals surface area contributed by atoms with Crippen molar-refractivity contribution in [3.63, 3.8) is 0 Å². The fraction of sp³-hybridized carbons (Fsp3) is 0.360. The first-order valence-corrected chi connectivity index (χ1v) is 11.3. The standard InChI is InChI=1S/C25H26N4O4/c1-15(2)10-11-27-14-22(30)28-21(25(27)31)13-19-18-8-3-4-9-20(18)26-23(19)24(28)16-6-5-7-17(12-16)29(32)33/h3-9,12,15,21,24,26H,10-11,13-14H2,1-2H3. The van der Waals surface area contributed by atoms with Crippen molar-refractivity contribution in [2.75, 3.05) is 13.1 Å². The maximum atomic E-state index is 13.6. The number of carbonyl (C=O) groups excluding carboxylic acids is 2. The second kappa shape index (κ2) is 8.03. The molecule has 0 aliphatic carbocycles. The number of para-hydroxylation sites is 1. The molecule has 0 saturated carbocycles. The van der Waals surface area contributed by atoms with Gasteiger partial charge in [0, 0.05) is 41.7 Å². The molecule has 3 aromatic rings. The Balaban J connectivity index is 1.65. The predicted octanol–water partition coefficient (Wildman–Crippen LogP) is 3.81. The number of carbonyl (C=O) groups is 2. The maximum Gasteiger partial charge on any atom is 0.269 e. The smallest absolute Gasteiger partial charge is 0.269 e. The Kier molecular flexibility index (Phi) is 5.15. The number of hydrogen-bond donors (Lipinski definition) is 1. The molecule has 2 aromatic carbocycles. The van der Waals surface area contributed by atoms with Gasteiger partial charge in [0.05, 0.1) is 17.5 Å². The van der Waals surface area contributed by atoms with E-state index in [2.05, 4.69) is 18.8 Å². The second-order valence-corrected chi connectivity index (χ2v) is 9.28. The van der Waals surface area contributed by atoms with Crippen molar-refractivity contribution >= 4 is 28.4 Å². The van der Waals surface area contributed by atoms with Crippen LogP contribution in [0, 0.1) is 16.0 Å².